The highest BCUT2D eigenvalue weighted by Crippen LogP contribution is 2.36. The predicted molar refractivity (Wildman–Crippen MR) is 80.6 cm³/mol. The van der Waals surface area contributed by atoms with Gasteiger partial charge in [-0.15, -0.1) is 0 Å². The first-order chi connectivity index (χ1) is 9.65. The van der Waals surface area contributed by atoms with Crippen LogP contribution >= 0.6 is 11.6 Å². The first-order valence-electron chi connectivity index (χ1n) is 6.92. The predicted octanol–water partition coefficient (Wildman–Crippen LogP) is 4.08. The summed E-state index contributed by atoms with van der Waals surface area (Å²) >= 11 is 6.12. The molecule has 1 aliphatic rings. The molecular weight excluding hydrogens is 273 g/mol. The minimum Gasteiger partial charge on any atom is -0.327 e. The molecule has 104 valence electrons. The van der Waals surface area contributed by atoms with Crippen molar-refractivity contribution < 1.29 is 4.39 Å². The van der Waals surface area contributed by atoms with Gasteiger partial charge in [-0.25, -0.2) is 4.39 Å². The van der Waals surface area contributed by atoms with Crippen molar-refractivity contribution in [1.82, 2.24) is 0 Å². The van der Waals surface area contributed by atoms with E-state index in [9.17, 15) is 4.39 Å². The van der Waals surface area contributed by atoms with Crippen molar-refractivity contribution >= 4 is 11.6 Å². The van der Waals surface area contributed by atoms with E-state index < -0.39 is 0 Å². The topological polar surface area (TPSA) is 26.0 Å². The fourth-order valence-corrected chi connectivity index (χ4v) is 3.33. The number of nitrogens with two attached hydrogens (primary N) is 1. The summed E-state index contributed by atoms with van der Waals surface area (Å²) in [5.74, 6) is 0.0777. The fourth-order valence-electron chi connectivity index (χ4n) is 3.13. The number of halogens is 2. The highest BCUT2D eigenvalue weighted by atomic mass is 35.5. The molecule has 0 saturated carbocycles. The SMILES string of the molecule is NC(Cc1cc(F)ccc1Cl)C1CCc2ccccc21. The van der Waals surface area contributed by atoms with E-state index in [1.807, 2.05) is 0 Å². The second kappa shape index (κ2) is 5.55. The van der Waals surface area contributed by atoms with Gasteiger partial charge in [0.15, 0.2) is 0 Å². The third kappa shape index (κ3) is 2.58. The van der Waals surface area contributed by atoms with Crippen LogP contribution < -0.4 is 5.73 Å². The molecule has 2 atom stereocenters. The molecule has 0 fully saturated rings. The Morgan fingerprint density at radius 3 is 2.90 bits per heavy atom. The Kier molecular flexibility index (Phi) is 3.77. The Morgan fingerprint density at radius 2 is 2.05 bits per heavy atom. The van der Waals surface area contributed by atoms with Gasteiger partial charge in [-0.1, -0.05) is 35.9 Å². The van der Waals surface area contributed by atoms with E-state index in [4.69, 9.17) is 17.3 Å². The molecule has 2 aromatic rings. The summed E-state index contributed by atoms with van der Waals surface area (Å²) in [6.07, 6.45) is 2.74. The lowest BCUT2D eigenvalue weighted by molar-refractivity contribution is 0.523. The van der Waals surface area contributed by atoms with Gasteiger partial charge in [-0.05, 0) is 60.1 Å². The van der Waals surface area contributed by atoms with Gasteiger partial charge in [0.25, 0.3) is 0 Å². The second-order valence-corrected chi connectivity index (χ2v) is 5.85. The molecule has 0 bridgehead atoms. The summed E-state index contributed by atoms with van der Waals surface area (Å²) in [5, 5.41) is 0.591. The summed E-state index contributed by atoms with van der Waals surface area (Å²) < 4.78 is 13.3. The second-order valence-electron chi connectivity index (χ2n) is 5.45. The van der Waals surface area contributed by atoms with Crippen LogP contribution in [-0.4, -0.2) is 6.04 Å². The van der Waals surface area contributed by atoms with Gasteiger partial charge >= 0.3 is 0 Å². The number of fused-ring (bicyclic) bond motifs is 1. The summed E-state index contributed by atoms with van der Waals surface area (Å²) in [7, 11) is 0. The molecule has 2 unspecified atom stereocenters. The smallest absolute Gasteiger partial charge is 0.123 e. The molecule has 0 amide bonds. The molecule has 0 aromatic heterocycles. The third-order valence-electron chi connectivity index (χ3n) is 4.16. The van der Waals surface area contributed by atoms with Crippen LogP contribution in [0, 0.1) is 5.82 Å². The monoisotopic (exact) mass is 289 g/mol. The minimum absolute atomic E-state index is 0.0297. The van der Waals surface area contributed by atoms with Crippen molar-refractivity contribution in [3.63, 3.8) is 0 Å². The lowest BCUT2D eigenvalue weighted by Crippen LogP contribution is -2.29. The maximum Gasteiger partial charge on any atom is 0.123 e. The maximum absolute atomic E-state index is 13.3. The number of hydrogen-bond acceptors (Lipinski definition) is 1. The lowest BCUT2D eigenvalue weighted by Gasteiger charge is -2.21. The van der Waals surface area contributed by atoms with Gasteiger partial charge in [-0.2, -0.15) is 0 Å². The van der Waals surface area contributed by atoms with Crippen LogP contribution in [0.2, 0.25) is 5.02 Å². The first-order valence-corrected chi connectivity index (χ1v) is 7.30. The van der Waals surface area contributed by atoms with Crippen LogP contribution in [0.1, 0.15) is 29.0 Å². The van der Waals surface area contributed by atoms with Crippen LogP contribution in [0.3, 0.4) is 0 Å². The molecular formula is C17H17ClFN. The van der Waals surface area contributed by atoms with Crippen LogP contribution in [0.25, 0.3) is 0 Å². The van der Waals surface area contributed by atoms with Crippen molar-refractivity contribution in [3.8, 4) is 0 Å². The third-order valence-corrected chi connectivity index (χ3v) is 4.53. The van der Waals surface area contributed by atoms with Crippen molar-refractivity contribution in [2.24, 2.45) is 5.73 Å². The summed E-state index contributed by atoms with van der Waals surface area (Å²) in [5.41, 5.74) is 9.89. The summed E-state index contributed by atoms with van der Waals surface area (Å²) in [6.45, 7) is 0. The zero-order valence-electron chi connectivity index (χ0n) is 11.2. The van der Waals surface area contributed by atoms with Crippen molar-refractivity contribution in [2.75, 3.05) is 0 Å². The molecule has 0 radical (unpaired) electrons. The normalized spacial score (nSPS) is 18.9. The van der Waals surface area contributed by atoms with Crippen LogP contribution in [0.15, 0.2) is 42.5 Å². The fraction of sp³-hybridized carbons (Fsp3) is 0.294. The van der Waals surface area contributed by atoms with Gasteiger partial charge in [0.1, 0.15) is 5.82 Å². The number of rotatable bonds is 3. The van der Waals surface area contributed by atoms with Crippen LogP contribution in [-0.2, 0) is 12.8 Å². The molecule has 0 heterocycles. The van der Waals surface area contributed by atoms with E-state index in [-0.39, 0.29) is 11.9 Å². The van der Waals surface area contributed by atoms with E-state index >= 15 is 0 Å². The number of benzene rings is 2. The lowest BCUT2D eigenvalue weighted by atomic mass is 9.89. The molecule has 20 heavy (non-hydrogen) atoms. The van der Waals surface area contributed by atoms with Gasteiger partial charge in [0.2, 0.25) is 0 Å². The Morgan fingerprint density at radius 1 is 1.25 bits per heavy atom. The molecule has 1 aliphatic carbocycles. The summed E-state index contributed by atoms with van der Waals surface area (Å²) in [4.78, 5) is 0. The number of hydrogen-bond donors (Lipinski definition) is 1. The Balaban J connectivity index is 1.81. The summed E-state index contributed by atoms with van der Waals surface area (Å²) in [6, 6.07) is 12.9. The molecule has 0 saturated heterocycles. The zero-order chi connectivity index (χ0) is 14.1. The van der Waals surface area contributed by atoms with Crippen molar-refractivity contribution in [2.45, 2.75) is 31.2 Å². The van der Waals surface area contributed by atoms with Crippen LogP contribution in [0.4, 0.5) is 4.39 Å². The molecule has 0 spiro atoms. The highest BCUT2D eigenvalue weighted by molar-refractivity contribution is 6.31. The minimum atomic E-state index is -0.261. The maximum atomic E-state index is 13.3. The van der Waals surface area contributed by atoms with E-state index in [2.05, 4.69) is 24.3 Å². The van der Waals surface area contributed by atoms with Crippen LogP contribution in [0.5, 0.6) is 0 Å². The molecule has 2 aromatic carbocycles. The largest absolute Gasteiger partial charge is 0.327 e. The molecule has 3 heteroatoms. The van der Waals surface area contributed by atoms with Gasteiger partial charge in [0, 0.05) is 11.1 Å². The molecule has 1 nitrogen and oxygen atoms in total. The molecule has 2 N–H and O–H groups in total. The van der Waals surface area contributed by atoms with Crippen molar-refractivity contribution in [1.29, 1.82) is 0 Å². The van der Waals surface area contributed by atoms with Crippen molar-refractivity contribution in [3.05, 3.63) is 70.0 Å². The molecule has 3 rings (SSSR count). The Hall–Kier alpha value is -1.38. The first kappa shape index (κ1) is 13.6. The zero-order valence-corrected chi connectivity index (χ0v) is 11.9. The van der Waals surface area contributed by atoms with Gasteiger partial charge in [-0.3, -0.25) is 0 Å². The van der Waals surface area contributed by atoms with Gasteiger partial charge in [0.05, 0.1) is 0 Å². The average Bonchev–Trinajstić information content (AvgIpc) is 2.87. The van der Waals surface area contributed by atoms with E-state index in [0.29, 0.717) is 17.4 Å². The average molecular weight is 290 g/mol. The van der Waals surface area contributed by atoms with Gasteiger partial charge < -0.3 is 5.73 Å². The Labute approximate surface area is 123 Å². The van der Waals surface area contributed by atoms with E-state index in [1.165, 1.54) is 23.3 Å². The standard InChI is InChI=1S/C17H17ClFN/c18-16-8-6-13(19)9-12(16)10-17(20)15-7-5-11-3-1-2-4-14(11)15/h1-4,6,8-9,15,17H,5,7,10,20H2. The number of aryl methyl sites for hydroxylation is 1. The van der Waals surface area contributed by atoms with E-state index in [1.54, 1.807) is 6.07 Å². The molecule has 0 aliphatic heterocycles. The Bertz CT molecular complexity index is 626. The van der Waals surface area contributed by atoms with E-state index in [0.717, 1.165) is 18.4 Å². The quantitative estimate of drug-likeness (QED) is 0.905. The highest BCUT2D eigenvalue weighted by Gasteiger charge is 2.27.